The first-order valence-corrected chi connectivity index (χ1v) is 9.93. The zero-order valence-corrected chi connectivity index (χ0v) is 16.6. The quantitative estimate of drug-likeness (QED) is 0.732. The second kappa shape index (κ2) is 9.39. The minimum Gasteiger partial charge on any atom is -0.496 e. The number of fused-ring (bicyclic) bond motifs is 1. The first-order chi connectivity index (χ1) is 13.7. The van der Waals surface area contributed by atoms with Gasteiger partial charge in [0, 0.05) is 19.6 Å². The molecule has 1 aliphatic heterocycles. The molecule has 150 valence electrons. The molecule has 0 radical (unpaired) electrons. The number of aromatic nitrogens is 2. The van der Waals surface area contributed by atoms with Crippen LogP contribution in [0.5, 0.6) is 5.75 Å². The number of rotatable bonds is 8. The minimum atomic E-state index is -0.243. The molecular formula is C21H28N4O3. The number of amides is 2. The van der Waals surface area contributed by atoms with E-state index in [0.29, 0.717) is 31.0 Å². The van der Waals surface area contributed by atoms with Gasteiger partial charge in [0.15, 0.2) is 5.82 Å². The van der Waals surface area contributed by atoms with Gasteiger partial charge in [0.1, 0.15) is 11.4 Å². The smallest absolute Gasteiger partial charge is 0.287 e. The molecule has 0 fully saturated rings. The summed E-state index contributed by atoms with van der Waals surface area (Å²) in [6, 6.07) is 7.76. The average molecular weight is 384 g/mol. The fourth-order valence-corrected chi connectivity index (χ4v) is 3.52. The van der Waals surface area contributed by atoms with Crippen molar-refractivity contribution in [1.82, 2.24) is 20.2 Å². The molecule has 2 heterocycles. The van der Waals surface area contributed by atoms with Gasteiger partial charge in [0.25, 0.3) is 11.8 Å². The van der Waals surface area contributed by atoms with Crippen molar-refractivity contribution in [2.45, 2.75) is 45.6 Å². The molecule has 2 amide bonds. The van der Waals surface area contributed by atoms with Crippen LogP contribution in [0.3, 0.4) is 0 Å². The molecule has 1 aliphatic rings. The Labute approximate surface area is 165 Å². The molecule has 3 rings (SSSR count). The Hall–Kier alpha value is -2.83. The predicted octanol–water partition coefficient (Wildman–Crippen LogP) is 2.34. The lowest BCUT2D eigenvalue weighted by Gasteiger charge is -2.17. The topological polar surface area (TPSA) is 85.2 Å². The van der Waals surface area contributed by atoms with Crippen LogP contribution in [0.4, 0.5) is 0 Å². The molecule has 2 N–H and O–H groups in total. The highest BCUT2D eigenvalue weighted by molar-refractivity contribution is 5.97. The van der Waals surface area contributed by atoms with Gasteiger partial charge in [-0.15, -0.1) is 0 Å². The van der Waals surface area contributed by atoms with Gasteiger partial charge in [0.2, 0.25) is 0 Å². The molecule has 0 aliphatic carbocycles. The van der Waals surface area contributed by atoms with Crippen LogP contribution < -0.4 is 15.4 Å². The van der Waals surface area contributed by atoms with Gasteiger partial charge < -0.3 is 19.9 Å². The maximum Gasteiger partial charge on any atom is 0.287 e. The lowest BCUT2D eigenvalue weighted by Crippen LogP contribution is -2.29. The maximum absolute atomic E-state index is 12.8. The van der Waals surface area contributed by atoms with E-state index in [0.717, 1.165) is 49.2 Å². The summed E-state index contributed by atoms with van der Waals surface area (Å²) in [4.78, 5) is 29.6. The van der Waals surface area contributed by atoms with Crippen LogP contribution in [0, 0.1) is 0 Å². The van der Waals surface area contributed by atoms with E-state index in [9.17, 15) is 9.59 Å². The first-order valence-electron chi connectivity index (χ1n) is 9.93. The highest BCUT2D eigenvalue weighted by Crippen LogP contribution is 2.21. The third kappa shape index (κ3) is 4.35. The number of para-hydroxylation sites is 1. The summed E-state index contributed by atoms with van der Waals surface area (Å²) < 4.78 is 7.26. The lowest BCUT2D eigenvalue weighted by molar-refractivity contribution is 0.0938. The molecule has 2 aromatic rings. The second-order valence-electron chi connectivity index (χ2n) is 6.91. The number of hydrogen-bond donors (Lipinski definition) is 2. The largest absolute Gasteiger partial charge is 0.496 e. The molecule has 0 atom stereocenters. The number of imidazole rings is 1. The SMILES string of the molecule is CCCNC(=O)c1nc(C(=O)NCCc2ccccc2OC)n2c1CCCC2. The normalized spacial score (nSPS) is 12.9. The van der Waals surface area contributed by atoms with E-state index in [1.807, 2.05) is 35.8 Å². The van der Waals surface area contributed by atoms with E-state index in [1.54, 1.807) is 7.11 Å². The molecule has 1 aromatic carbocycles. The summed E-state index contributed by atoms with van der Waals surface area (Å²) in [7, 11) is 1.64. The fraction of sp³-hybridized carbons (Fsp3) is 0.476. The maximum atomic E-state index is 12.8. The highest BCUT2D eigenvalue weighted by atomic mass is 16.5. The van der Waals surface area contributed by atoms with Crippen molar-refractivity contribution in [3.63, 3.8) is 0 Å². The summed E-state index contributed by atoms with van der Waals surface area (Å²) in [6.45, 7) is 3.80. The molecule has 0 unspecified atom stereocenters. The Bertz CT molecular complexity index is 844. The van der Waals surface area contributed by atoms with E-state index in [2.05, 4.69) is 15.6 Å². The third-order valence-electron chi connectivity index (χ3n) is 4.94. The van der Waals surface area contributed by atoms with Crippen molar-refractivity contribution in [3.05, 3.63) is 47.0 Å². The van der Waals surface area contributed by atoms with Crippen molar-refractivity contribution in [2.24, 2.45) is 0 Å². The average Bonchev–Trinajstić information content (AvgIpc) is 3.12. The number of nitrogens with zero attached hydrogens (tertiary/aromatic N) is 2. The Kier molecular flexibility index (Phi) is 6.68. The van der Waals surface area contributed by atoms with Gasteiger partial charge in [-0.25, -0.2) is 4.98 Å². The molecule has 28 heavy (non-hydrogen) atoms. The lowest BCUT2D eigenvalue weighted by atomic mass is 10.1. The number of carbonyl (C=O) groups excluding carboxylic acids is 2. The molecule has 0 spiro atoms. The molecular weight excluding hydrogens is 356 g/mol. The first kappa shape index (κ1) is 19.9. The van der Waals surface area contributed by atoms with Gasteiger partial charge in [0.05, 0.1) is 12.8 Å². The van der Waals surface area contributed by atoms with Crippen molar-refractivity contribution in [2.75, 3.05) is 20.2 Å². The van der Waals surface area contributed by atoms with Gasteiger partial charge in [-0.05, 0) is 43.7 Å². The van der Waals surface area contributed by atoms with E-state index in [-0.39, 0.29) is 11.8 Å². The van der Waals surface area contributed by atoms with Crippen molar-refractivity contribution >= 4 is 11.8 Å². The molecule has 0 bridgehead atoms. The van der Waals surface area contributed by atoms with Crippen LogP contribution in [-0.4, -0.2) is 41.6 Å². The molecule has 0 saturated carbocycles. The summed E-state index contributed by atoms with van der Waals surface area (Å²) >= 11 is 0. The van der Waals surface area contributed by atoms with E-state index in [1.165, 1.54) is 0 Å². The number of methoxy groups -OCH3 is 1. The van der Waals surface area contributed by atoms with Gasteiger partial charge in [-0.1, -0.05) is 25.1 Å². The van der Waals surface area contributed by atoms with Crippen molar-refractivity contribution in [1.29, 1.82) is 0 Å². The van der Waals surface area contributed by atoms with Crippen LogP contribution in [-0.2, 0) is 19.4 Å². The number of carbonyl (C=O) groups is 2. The standard InChI is InChI=1S/C21H28N4O3/c1-3-12-22-20(26)18-16-9-6-7-14-25(16)19(24-18)21(27)23-13-11-15-8-4-5-10-17(15)28-2/h4-5,8,10H,3,6-7,9,11-14H2,1-2H3,(H,22,26)(H,23,27). The number of benzene rings is 1. The van der Waals surface area contributed by atoms with Crippen molar-refractivity contribution < 1.29 is 14.3 Å². The van der Waals surface area contributed by atoms with Crippen LogP contribution in [0.2, 0.25) is 0 Å². The number of hydrogen-bond acceptors (Lipinski definition) is 4. The molecule has 7 nitrogen and oxygen atoms in total. The van der Waals surface area contributed by atoms with Gasteiger partial charge in [-0.3, -0.25) is 9.59 Å². The van der Waals surface area contributed by atoms with E-state index in [4.69, 9.17) is 4.74 Å². The molecule has 1 aromatic heterocycles. The van der Waals surface area contributed by atoms with Crippen LogP contribution in [0.15, 0.2) is 24.3 Å². The summed E-state index contributed by atoms with van der Waals surface area (Å²) in [6.07, 6.45) is 4.29. The summed E-state index contributed by atoms with van der Waals surface area (Å²) in [5, 5.41) is 5.80. The van der Waals surface area contributed by atoms with E-state index >= 15 is 0 Å². The van der Waals surface area contributed by atoms with Crippen molar-refractivity contribution in [3.8, 4) is 5.75 Å². The Morgan fingerprint density at radius 3 is 2.71 bits per heavy atom. The van der Waals surface area contributed by atoms with Crippen LogP contribution in [0.1, 0.15) is 58.6 Å². The molecule has 0 saturated heterocycles. The summed E-state index contributed by atoms with van der Waals surface area (Å²) in [5.41, 5.74) is 2.30. The van der Waals surface area contributed by atoms with E-state index < -0.39 is 0 Å². The zero-order chi connectivity index (χ0) is 19.9. The number of nitrogens with one attached hydrogen (secondary N) is 2. The molecule has 7 heteroatoms. The Balaban J connectivity index is 1.71. The highest BCUT2D eigenvalue weighted by Gasteiger charge is 2.27. The fourth-order valence-electron chi connectivity index (χ4n) is 3.52. The monoisotopic (exact) mass is 384 g/mol. The number of ether oxygens (including phenoxy) is 1. The summed E-state index contributed by atoms with van der Waals surface area (Å²) in [5.74, 6) is 0.703. The zero-order valence-electron chi connectivity index (χ0n) is 16.6. The second-order valence-corrected chi connectivity index (χ2v) is 6.91. The van der Waals surface area contributed by atoms with Crippen LogP contribution in [0.25, 0.3) is 0 Å². The third-order valence-corrected chi connectivity index (χ3v) is 4.94. The predicted molar refractivity (Wildman–Crippen MR) is 107 cm³/mol. The minimum absolute atomic E-state index is 0.194. The van der Waals surface area contributed by atoms with Gasteiger partial charge >= 0.3 is 0 Å². The Morgan fingerprint density at radius 2 is 1.93 bits per heavy atom. The van der Waals surface area contributed by atoms with Crippen LogP contribution >= 0.6 is 0 Å². The van der Waals surface area contributed by atoms with Gasteiger partial charge in [-0.2, -0.15) is 0 Å². The Morgan fingerprint density at radius 1 is 1.14 bits per heavy atom.